The molecule has 0 spiro atoms. The maximum absolute atomic E-state index is 11.1. The summed E-state index contributed by atoms with van der Waals surface area (Å²) in [4.78, 5) is 12.7. The minimum Gasteiger partial charge on any atom is -0.453 e. The van der Waals surface area contributed by atoms with Gasteiger partial charge < -0.3 is 9.30 Å². The zero-order valence-electron chi connectivity index (χ0n) is 7.30. The van der Waals surface area contributed by atoms with Crippen LogP contribution >= 0.6 is 0 Å². The zero-order chi connectivity index (χ0) is 9.26. The second-order valence-electron chi connectivity index (χ2n) is 2.83. The largest absolute Gasteiger partial charge is 0.453 e. The van der Waals surface area contributed by atoms with E-state index < -0.39 is 0 Å². The Balaban J connectivity index is 2.13. The summed E-state index contributed by atoms with van der Waals surface area (Å²) in [5, 5.41) is 7.64. The van der Waals surface area contributed by atoms with Crippen molar-refractivity contribution in [1.29, 1.82) is 0 Å². The van der Waals surface area contributed by atoms with Crippen molar-refractivity contribution in [2.75, 3.05) is 13.7 Å². The van der Waals surface area contributed by atoms with Crippen LogP contribution in [0.1, 0.15) is 5.82 Å². The highest BCUT2D eigenvalue weighted by Gasteiger charge is 2.21. The molecule has 70 valence electrons. The predicted octanol–water partition coefficient (Wildman–Crippen LogP) is -0.140. The Bertz CT molecular complexity index is 322. The molecular formula is C7H10N4O2. The number of nitrogens with zero attached hydrogens (tertiary/aromatic N) is 4. The van der Waals surface area contributed by atoms with E-state index >= 15 is 0 Å². The SMILES string of the molecule is COC(=O)N1CCn2cnnc2C1. The molecular weight excluding hydrogens is 172 g/mol. The first-order valence-electron chi connectivity index (χ1n) is 4.01. The van der Waals surface area contributed by atoms with Crippen molar-refractivity contribution in [3.8, 4) is 0 Å². The summed E-state index contributed by atoms with van der Waals surface area (Å²) in [5.41, 5.74) is 0. The molecule has 1 aliphatic heterocycles. The van der Waals surface area contributed by atoms with Crippen molar-refractivity contribution in [1.82, 2.24) is 19.7 Å². The average Bonchev–Trinajstić information content (AvgIpc) is 2.63. The van der Waals surface area contributed by atoms with E-state index in [2.05, 4.69) is 14.9 Å². The molecule has 0 fully saturated rings. The Morgan fingerprint density at radius 2 is 2.46 bits per heavy atom. The molecule has 0 radical (unpaired) electrons. The number of amides is 1. The molecule has 6 heteroatoms. The summed E-state index contributed by atoms with van der Waals surface area (Å²) in [6, 6.07) is 0. The van der Waals surface area contributed by atoms with E-state index in [0.717, 1.165) is 12.4 Å². The maximum atomic E-state index is 11.1. The topological polar surface area (TPSA) is 60.2 Å². The van der Waals surface area contributed by atoms with Crippen LogP contribution in [-0.2, 0) is 17.8 Å². The van der Waals surface area contributed by atoms with Crippen LogP contribution < -0.4 is 0 Å². The molecule has 1 aromatic heterocycles. The van der Waals surface area contributed by atoms with E-state index in [-0.39, 0.29) is 6.09 Å². The molecule has 0 saturated heterocycles. The highest BCUT2D eigenvalue weighted by Crippen LogP contribution is 2.09. The van der Waals surface area contributed by atoms with Gasteiger partial charge in [-0.15, -0.1) is 10.2 Å². The molecule has 0 atom stereocenters. The van der Waals surface area contributed by atoms with Gasteiger partial charge in [0, 0.05) is 13.1 Å². The lowest BCUT2D eigenvalue weighted by atomic mass is 10.4. The van der Waals surface area contributed by atoms with E-state index in [1.165, 1.54) is 7.11 Å². The molecule has 0 N–H and O–H groups in total. The van der Waals surface area contributed by atoms with Crippen molar-refractivity contribution in [3.63, 3.8) is 0 Å². The summed E-state index contributed by atoms with van der Waals surface area (Å²) in [5.74, 6) is 0.802. The molecule has 1 amide bonds. The Labute approximate surface area is 75.1 Å². The molecule has 2 heterocycles. The van der Waals surface area contributed by atoms with Gasteiger partial charge in [-0.3, -0.25) is 4.90 Å². The second kappa shape index (κ2) is 3.04. The number of carbonyl (C=O) groups is 1. The monoisotopic (exact) mass is 182 g/mol. The van der Waals surface area contributed by atoms with Crippen LogP contribution in [0.2, 0.25) is 0 Å². The third-order valence-electron chi connectivity index (χ3n) is 2.07. The van der Waals surface area contributed by atoms with E-state index in [0.29, 0.717) is 13.1 Å². The number of rotatable bonds is 0. The normalized spacial score (nSPS) is 15.3. The number of ether oxygens (including phenoxy) is 1. The van der Waals surface area contributed by atoms with Crippen LogP contribution in [0.4, 0.5) is 4.79 Å². The minimum absolute atomic E-state index is 0.311. The molecule has 0 saturated carbocycles. The highest BCUT2D eigenvalue weighted by atomic mass is 16.5. The standard InChI is InChI=1S/C7H10N4O2/c1-13-7(12)10-2-3-11-5-8-9-6(11)4-10/h5H,2-4H2,1H3. The highest BCUT2D eigenvalue weighted by molar-refractivity contribution is 5.67. The first kappa shape index (κ1) is 8.03. The van der Waals surface area contributed by atoms with Crippen LogP contribution in [0.5, 0.6) is 0 Å². The fraction of sp³-hybridized carbons (Fsp3) is 0.571. The van der Waals surface area contributed by atoms with Gasteiger partial charge in [0.25, 0.3) is 0 Å². The van der Waals surface area contributed by atoms with Crippen molar-refractivity contribution >= 4 is 6.09 Å². The lowest BCUT2D eigenvalue weighted by Gasteiger charge is -2.25. The predicted molar refractivity (Wildman–Crippen MR) is 42.8 cm³/mol. The van der Waals surface area contributed by atoms with Crippen LogP contribution in [0.15, 0.2) is 6.33 Å². The lowest BCUT2D eigenvalue weighted by Crippen LogP contribution is -2.38. The van der Waals surface area contributed by atoms with Gasteiger partial charge in [0.2, 0.25) is 0 Å². The van der Waals surface area contributed by atoms with Crippen molar-refractivity contribution in [2.24, 2.45) is 0 Å². The van der Waals surface area contributed by atoms with E-state index in [9.17, 15) is 4.79 Å². The van der Waals surface area contributed by atoms with Crippen molar-refractivity contribution < 1.29 is 9.53 Å². The number of methoxy groups -OCH3 is 1. The molecule has 0 unspecified atom stereocenters. The van der Waals surface area contributed by atoms with E-state index in [1.807, 2.05) is 4.57 Å². The second-order valence-corrected chi connectivity index (χ2v) is 2.83. The molecule has 1 aromatic rings. The van der Waals surface area contributed by atoms with Crippen molar-refractivity contribution in [2.45, 2.75) is 13.1 Å². The summed E-state index contributed by atoms with van der Waals surface area (Å²) in [6.07, 6.45) is 1.36. The zero-order valence-corrected chi connectivity index (χ0v) is 7.30. The van der Waals surface area contributed by atoms with Crippen molar-refractivity contribution in [3.05, 3.63) is 12.2 Å². The van der Waals surface area contributed by atoms with Gasteiger partial charge in [0.1, 0.15) is 6.33 Å². The quantitative estimate of drug-likeness (QED) is 0.560. The van der Waals surface area contributed by atoms with Crippen LogP contribution in [0.3, 0.4) is 0 Å². The molecule has 6 nitrogen and oxygen atoms in total. The van der Waals surface area contributed by atoms with E-state index in [4.69, 9.17) is 0 Å². The van der Waals surface area contributed by atoms with Crippen LogP contribution in [-0.4, -0.2) is 39.4 Å². The number of hydrogen-bond acceptors (Lipinski definition) is 4. The van der Waals surface area contributed by atoms with Crippen LogP contribution in [0, 0.1) is 0 Å². The number of aromatic nitrogens is 3. The molecule has 0 aliphatic carbocycles. The summed E-state index contributed by atoms with van der Waals surface area (Å²) < 4.78 is 6.54. The molecule has 13 heavy (non-hydrogen) atoms. The Morgan fingerprint density at radius 1 is 1.62 bits per heavy atom. The summed E-state index contributed by atoms with van der Waals surface area (Å²) in [7, 11) is 1.38. The first-order valence-corrected chi connectivity index (χ1v) is 4.01. The molecule has 1 aliphatic rings. The van der Waals surface area contributed by atoms with Gasteiger partial charge in [0.05, 0.1) is 13.7 Å². The van der Waals surface area contributed by atoms with E-state index in [1.54, 1.807) is 11.2 Å². The Morgan fingerprint density at radius 3 is 3.23 bits per heavy atom. The Kier molecular flexibility index (Phi) is 1.88. The summed E-state index contributed by atoms with van der Waals surface area (Å²) >= 11 is 0. The van der Waals surface area contributed by atoms with Gasteiger partial charge in [-0.1, -0.05) is 0 Å². The number of fused-ring (bicyclic) bond motifs is 1. The van der Waals surface area contributed by atoms with Gasteiger partial charge >= 0.3 is 6.09 Å². The molecule has 0 bridgehead atoms. The third-order valence-corrected chi connectivity index (χ3v) is 2.07. The smallest absolute Gasteiger partial charge is 0.409 e. The number of carbonyl (C=O) groups excluding carboxylic acids is 1. The Hall–Kier alpha value is -1.59. The number of hydrogen-bond donors (Lipinski definition) is 0. The molecule has 2 rings (SSSR count). The third kappa shape index (κ3) is 1.34. The summed E-state index contributed by atoms with van der Waals surface area (Å²) in [6.45, 7) is 1.86. The lowest BCUT2D eigenvalue weighted by molar-refractivity contribution is 0.111. The fourth-order valence-corrected chi connectivity index (χ4v) is 1.35. The molecule has 0 aromatic carbocycles. The van der Waals surface area contributed by atoms with Gasteiger partial charge in [-0.25, -0.2) is 4.79 Å². The maximum Gasteiger partial charge on any atom is 0.409 e. The minimum atomic E-state index is -0.311. The fourth-order valence-electron chi connectivity index (χ4n) is 1.35. The van der Waals surface area contributed by atoms with Gasteiger partial charge in [-0.2, -0.15) is 0 Å². The van der Waals surface area contributed by atoms with Gasteiger partial charge in [-0.05, 0) is 0 Å². The first-order chi connectivity index (χ1) is 6.31. The van der Waals surface area contributed by atoms with Gasteiger partial charge in [0.15, 0.2) is 5.82 Å². The van der Waals surface area contributed by atoms with Crippen LogP contribution in [0.25, 0.3) is 0 Å². The average molecular weight is 182 g/mol.